The third kappa shape index (κ3) is 6.55. The average molecular weight is 501 g/mol. The van der Waals surface area contributed by atoms with Gasteiger partial charge in [0.2, 0.25) is 5.95 Å². The summed E-state index contributed by atoms with van der Waals surface area (Å²) in [5, 5.41) is 6.59. The molecular weight excluding hydrogens is 477 g/mol. The summed E-state index contributed by atoms with van der Waals surface area (Å²) in [5.41, 5.74) is 0.405. The summed E-state index contributed by atoms with van der Waals surface area (Å²) in [5.74, 6) is -5.33. The van der Waals surface area contributed by atoms with Crippen molar-refractivity contribution in [2.75, 3.05) is 17.2 Å². The van der Waals surface area contributed by atoms with E-state index in [9.17, 15) is 31.5 Å². The smallest absolute Gasteiger partial charge is 0.370 e. The summed E-state index contributed by atoms with van der Waals surface area (Å²) in [6, 6.07) is 1.05. The Labute approximate surface area is 197 Å². The first-order chi connectivity index (χ1) is 16.5. The molecule has 0 saturated heterocycles. The van der Waals surface area contributed by atoms with Gasteiger partial charge < -0.3 is 15.5 Å². The quantitative estimate of drug-likeness (QED) is 0.448. The third-order valence-electron chi connectivity index (χ3n) is 5.46. The van der Waals surface area contributed by atoms with Gasteiger partial charge in [-0.1, -0.05) is 0 Å². The molecule has 1 aromatic heterocycles. The number of benzene rings is 1. The lowest BCUT2D eigenvalue weighted by molar-refractivity contribution is -0.235. The van der Waals surface area contributed by atoms with Gasteiger partial charge in [0.1, 0.15) is 5.82 Å². The van der Waals surface area contributed by atoms with Gasteiger partial charge in [0.05, 0.1) is 6.04 Å². The van der Waals surface area contributed by atoms with Crippen molar-refractivity contribution in [3.8, 4) is 0 Å². The van der Waals surface area contributed by atoms with Gasteiger partial charge in [0.15, 0.2) is 11.6 Å². The zero-order chi connectivity index (χ0) is 25.8. The van der Waals surface area contributed by atoms with Crippen LogP contribution >= 0.6 is 0 Å². The Kier molecular flexibility index (Phi) is 8.07. The van der Waals surface area contributed by atoms with E-state index in [0.29, 0.717) is 48.3 Å². The molecule has 0 atom stereocenters. The topological polar surface area (TPSA) is 96.5 Å². The molecule has 35 heavy (non-hydrogen) atoms. The molecule has 0 aliphatic heterocycles. The molecule has 2 N–H and O–H groups in total. The predicted octanol–water partition coefficient (Wildman–Crippen LogP) is 4.38. The molecule has 1 aromatic carbocycles. The zero-order valence-corrected chi connectivity index (χ0v) is 19.0. The zero-order valence-electron chi connectivity index (χ0n) is 19.0. The summed E-state index contributed by atoms with van der Waals surface area (Å²) in [7, 11) is 0. The monoisotopic (exact) mass is 501 g/mol. The highest BCUT2D eigenvalue weighted by molar-refractivity contribution is 5.94. The maximum atomic E-state index is 13.6. The van der Waals surface area contributed by atoms with Gasteiger partial charge in [0.25, 0.3) is 5.91 Å². The first-order valence-electron chi connectivity index (χ1n) is 10.9. The number of hydrogen-bond donors (Lipinski definition) is 2. The van der Waals surface area contributed by atoms with Crippen LogP contribution in [0.2, 0.25) is 0 Å². The fourth-order valence-corrected chi connectivity index (χ4v) is 3.67. The molecule has 3 rings (SSSR count). The molecule has 8 nitrogen and oxygen atoms in total. The SMILES string of the molecule is CCNc1nc(NC2CCC(N(OC(=O)C(F)(F)F)C(=O)c3ccc(F)c(F)c3)CC2)ncc1C. The van der Waals surface area contributed by atoms with Crippen molar-refractivity contribution >= 4 is 23.6 Å². The number of carbonyl (C=O) groups excluding carboxylic acids is 2. The fraction of sp³-hybridized carbons (Fsp3) is 0.455. The van der Waals surface area contributed by atoms with Gasteiger partial charge in [-0.2, -0.15) is 23.2 Å². The van der Waals surface area contributed by atoms with E-state index in [1.165, 1.54) is 0 Å². The highest BCUT2D eigenvalue weighted by atomic mass is 19.4. The number of alkyl halides is 3. The van der Waals surface area contributed by atoms with Crippen LogP contribution in [0.15, 0.2) is 24.4 Å². The van der Waals surface area contributed by atoms with Gasteiger partial charge in [-0.05, 0) is 57.7 Å². The molecule has 1 aliphatic rings. The minimum Gasteiger partial charge on any atom is -0.370 e. The summed E-state index contributed by atoms with van der Waals surface area (Å²) in [6.45, 7) is 4.45. The van der Waals surface area contributed by atoms with Crippen molar-refractivity contribution in [3.63, 3.8) is 0 Å². The van der Waals surface area contributed by atoms with Gasteiger partial charge in [-0.3, -0.25) is 4.79 Å². The standard InChI is InChI=1S/C22H24F5N5O3/c1-3-28-18-12(2)11-29-21(31-18)30-14-5-7-15(8-6-14)32(35-20(34)22(25,26)27)19(33)13-4-9-16(23)17(24)10-13/h4,9-11,14-15H,3,5-8H2,1-2H3,(H2,28,29,30,31). The molecule has 0 radical (unpaired) electrons. The number of nitrogens with one attached hydrogen (secondary N) is 2. The van der Waals surface area contributed by atoms with Gasteiger partial charge in [-0.15, -0.1) is 0 Å². The van der Waals surface area contributed by atoms with Crippen molar-refractivity contribution in [1.29, 1.82) is 0 Å². The number of nitrogens with zero attached hydrogens (tertiary/aromatic N) is 3. The van der Waals surface area contributed by atoms with E-state index in [1.807, 2.05) is 13.8 Å². The van der Waals surface area contributed by atoms with E-state index in [1.54, 1.807) is 6.20 Å². The minimum absolute atomic E-state index is 0.151. The van der Waals surface area contributed by atoms with Gasteiger partial charge >= 0.3 is 12.1 Å². The molecule has 1 amide bonds. The Bertz CT molecular complexity index is 1070. The molecule has 0 bridgehead atoms. The molecule has 0 spiro atoms. The van der Waals surface area contributed by atoms with Crippen LogP contribution in [-0.4, -0.2) is 51.7 Å². The Morgan fingerprint density at radius 1 is 1.14 bits per heavy atom. The molecule has 1 saturated carbocycles. The molecule has 190 valence electrons. The van der Waals surface area contributed by atoms with Gasteiger partial charge in [-0.25, -0.2) is 18.6 Å². The van der Waals surface area contributed by atoms with Gasteiger partial charge in [0, 0.05) is 29.9 Å². The predicted molar refractivity (Wildman–Crippen MR) is 115 cm³/mol. The van der Waals surface area contributed by atoms with Crippen molar-refractivity contribution in [2.24, 2.45) is 0 Å². The van der Waals surface area contributed by atoms with Crippen LogP contribution in [0.5, 0.6) is 0 Å². The number of aromatic nitrogens is 2. The number of rotatable bonds is 6. The van der Waals surface area contributed by atoms with Crippen LogP contribution in [0.4, 0.5) is 33.7 Å². The molecule has 0 unspecified atom stereocenters. The minimum atomic E-state index is -5.35. The summed E-state index contributed by atoms with van der Waals surface area (Å²) >= 11 is 0. The average Bonchev–Trinajstić information content (AvgIpc) is 2.81. The second-order valence-corrected chi connectivity index (χ2v) is 8.04. The van der Waals surface area contributed by atoms with Crippen LogP contribution in [0.1, 0.15) is 48.5 Å². The maximum absolute atomic E-state index is 13.6. The Morgan fingerprint density at radius 2 is 1.83 bits per heavy atom. The molecule has 13 heteroatoms. The van der Waals surface area contributed by atoms with Crippen molar-refractivity contribution < 1.29 is 36.4 Å². The highest BCUT2D eigenvalue weighted by Gasteiger charge is 2.45. The number of hydroxylamine groups is 2. The molecule has 1 heterocycles. The third-order valence-corrected chi connectivity index (χ3v) is 5.46. The highest BCUT2D eigenvalue weighted by Crippen LogP contribution is 2.29. The van der Waals surface area contributed by atoms with E-state index in [2.05, 4.69) is 25.4 Å². The second-order valence-electron chi connectivity index (χ2n) is 8.04. The molecule has 1 aliphatic carbocycles. The van der Waals surface area contributed by atoms with Crippen LogP contribution in [0, 0.1) is 18.6 Å². The Balaban J connectivity index is 1.72. The number of carbonyl (C=O) groups is 2. The summed E-state index contributed by atoms with van der Waals surface area (Å²) in [4.78, 5) is 37.3. The first-order valence-corrected chi connectivity index (χ1v) is 10.9. The van der Waals surface area contributed by atoms with Crippen molar-refractivity contribution in [2.45, 2.75) is 57.8 Å². The van der Waals surface area contributed by atoms with E-state index < -0.39 is 41.3 Å². The molecule has 1 fully saturated rings. The number of anilines is 2. The van der Waals surface area contributed by atoms with E-state index in [4.69, 9.17) is 0 Å². The summed E-state index contributed by atoms with van der Waals surface area (Å²) in [6.07, 6.45) is -2.57. The van der Waals surface area contributed by atoms with E-state index >= 15 is 0 Å². The van der Waals surface area contributed by atoms with Crippen LogP contribution in [-0.2, 0) is 9.63 Å². The number of hydrogen-bond acceptors (Lipinski definition) is 7. The molecular formula is C22H24F5N5O3. The second kappa shape index (κ2) is 10.8. The first kappa shape index (κ1) is 26.1. The van der Waals surface area contributed by atoms with Crippen molar-refractivity contribution in [3.05, 3.63) is 47.2 Å². The lowest BCUT2D eigenvalue weighted by Gasteiger charge is -2.35. The van der Waals surface area contributed by atoms with E-state index in [-0.39, 0.29) is 18.9 Å². The fourth-order valence-electron chi connectivity index (χ4n) is 3.67. The number of aryl methyl sites for hydroxylation is 1. The Hall–Kier alpha value is -3.51. The molecule has 2 aromatic rings. The Morgan fingerprint density at radius 3 is 2.43 bits per heavy atom. The lowest BCUT2D eigenvalue weighted by Crippen LogP contribution is -2.47. The maximum Gasteiger partial charge on any atom is 0.493 e. The van der Waals surface area contributed by atoms with E-state index in [0.717, 1.165) is 11.6 Å². The lowest BCUT2D eigenvalue weighted by atomic mass is 9.90. The number of amides is 1. The summed E-state index contributed by atoms with van der Waals surface area (Å²) < 4.78 is 65.3. The van der Waals surface area contributed by atoms with Crippen LogP contribution in [0.25, 0.3) is 0 Å². The van der Waals surface area contributed by atoms with Crippen molar-refractivity contribution in [1.82, 2.24) is 15.0 Å². The van der Waals surface area contributed by atoms with Crippen LogP contribution in [0.3, 0.4) is 0 Å². The number of halogens is 5. The largest absolute Gasteiger partial charge is 0.493 e. The normalized spacial score (nSPS) is 18.0. The van der Waals surface area contributed by atoms with Crippen LogP contribution < -0.4 is 10.6 Å².